The molecule has 1 aliphatic heterocycles. The SMILES string of the molecule is C=C[C@@H]1C[C@]1(NC(=O)[C@@H]1C[C@@H](Oc2cc(-c3ccccc3)nc3cc(OC)ccc23)CN1C(=O)[C@@H](Nc1nc(-c2ccc(OC)cc2)cs1)C(C)(C)C)C(=O)NS(=O)(=O)C1CC1. The van der Waals surface area contributed by atoms with Gasteiger partial charge in [-0.3, -0.25) is 19.1 Å². The van der Waals surface area contributed by atoms with Crippen molar-refractivity contribution in [2.45, 2.75) is 75.4 Å². The molecule has 3 aromatic carbocycles. The number of pyridine rings is 1. The summed E-state index contributed by atoms with van der Waals surface area (Å²) in [7, 11) is -0.717. The Hall–Kier alpha value is -6.00. The van der Waals surface area contributed by atoms with E-state index in [1.54, 1.807) is 14.2 Å². The molecule has 14 nitrogen and oxygen atoms in total. The maximum atomic E-state index is 15.1. The lowest BCUT2D eigenvalue weighted by atomic mass is 9.85. The van der Waals surface area contributed by atoms with Gasteiger partial charge in [-0.2, -0.15) is 0 Å². The van der Waals surface area contributed by atoms with Crippen LogP contribution in [0.4, 0.5) is 5.13 Å². The average molecular weight is 879 g/mol. The lowest BCUT2D eigenvalue weighted by molar-refractivity contribution is -0.141. The number of aromatic nitrogens is 2. The molecule has 8 rings (SSSR count). The van der Waals surface area contributed by atoms with Crippen LogP contribution in [0.25, 0.3) is 33.4 Å². The van der Waals surface area contributed by atoms with Crippen molar-refractivity contribution in [3.8, 4) is 39.8 Å². The predicted molar refractivity (Wildman–Crippen MR) is 238 cm³/mol. The molecule has 3 heterocycles. The van der Waals surface area contributed by atoms with Crippen molar-refractivity contribution in [1.82, 2.24) is 24.9 Å². The predicted octanol–water partition coefficient (Wildman–Crippen LogP) is 6.59. The summed E-state index contributed by atoms with van der Waals surface area (Å²) in [5.41, 5.74) is 1.55. The number of nitrogens with zero attached hydrogens (tertiary/aromatic N) is 3. The summed E-state index contributed by atoms with van der Waals surface area (Å²) in [4.78, 5) is 54.7. The summed E-state index contributed by atoms with van der Waals surface area (Å²) < 4.78 is 45.6. The van der Waals surface area contributed by atoms with Crippen LogP contribution in [-0.2, 0) is 24.4 Å². The topological polar surface area (TPSA) is 178 Å². The fourth-order valence-corrected chi connectivity index (χ4v) is 10.0. The van der Waals surface area contributed by atoms with E-state index in [0.29, 0.717) is 46.1 Å². The number of benzene rings is 3. The number of ether oxygens (including phenoxy) is 3. The molecule has 5 aromatic rings. The second-order valence-electron chi connectivity index (χ2n) is 17.1. The Kier molecular flexibility index (Phi) is 11.5. The fourth-order valence-electron chi connectivity index (χ4n) is 7.90. The monoisotopic (exact) mass is 878 g/mol. The molecule has 3 N–H and O–H groups in total. The first-order valence-corrected chi connectivity index (χ1v) is 22.9. The molecule has 2 saturated carbocycles. The molecule has 3 fully saturated rings. The zero-order chi connectivity index (χ0) is 44.0. The second-order valence-corrected chi connectivity index (χ2v) is 19.9. The molecule has 2 aromatic heterocycles. The number of likely N-dealkylation sites (tertiary alicyclic amines) is 1. The number of thiazole rings is 1. The molecule has 324 valence electrons. The van der Waals surface area contributed by atoms with Crippen molar-refractivity contribution < 1.29 is 37.0 Å². The van der Waals surface area contributed by atoms with Crippen molar-refractivity contribution in [3.63, 3.8) is 0 Å². The first-order valence-electron chi connectivity index (χ1n) is 20.5. The largest absolute Gasteiger partial charge is 0.497 e. The molecule has 1 saturated heterocycles. The van der Waals surface area contributed by atoms with Crippen LogP contribution in [0.3, 0.4) is 0 Å². The molecular formula is C46H50N6O8S2. The number of methoxy groups -OCH3 is 2. The number of hydrogen-bond acceptors (Lipinski definition) is 12. The number of rotatable bonds is 15. The molecular weight excluding hydrogens is 829 g/mol. The van der Waals surface area contributed by atoms with Crippen molar-refractivity contribution in [2.24, 2.45) is 11.3 Å². The minimum atomic E-state index is -3.91. The van der Waals surface area contributed by atoms with Crippen molar-refractivity contribution in [1.29, 1.82) is 0 Å². The van der Waals surface area contributed by atoms with E-state index in [0.717, 1.165) is 22.6 Å². The third-order valence-electron chi connectivity index (χ3n) is 11.7. The van der Waals surface area contributed by atoms with E-state index < -0.39 is 62.1 Å². The lowest BCUT2D eigenvalue weighted by Gasteiger charge is -2.35. The Morgan fingerprint density at radius 3 is 2.27 bits per heavy atom. The van der Waals surface area contributed by atoms with Crippen LogP contribution < -0.4 is 29.6 Å². The van der Waals surface area contributed by atoms with E-state index in [1.165, 1.54) is 22.3 Å². The Labute approximate surface area is 365 Å². The maximum Gasteiger partial charge on any atom is 0.259 e. The van der Waals surface area contributed by atoms with Crippen LogP contribution in [0.1, 0.15) is 46.5 Å². The highest BCUT2D eigenvalue weighted by Crippen LogP contribution is 2.46. The van der Waals surface area contributed by atoms with Crippen LogP contribution >= 0.6 is 11.3 Å². The molecule has 16 heteroatoms. The minimum absolute atomic E-state index is 0.0287. The summed E-state index contributed by atoms with van der Waals surface area (Å²) in [5.74, 6) is -0.459. The van der Waals surface area contributed by atoms with Gasteiger partial charge in [-0.1, -0.05) is 57.2 Å². The molecule has 3 amide bonds. The summed E-state index contributed by atoms with van der Waals surface area (Å²) in [5, 5.41) is 8.77. The zero-order valence-corrected chi connectivity index (χ0v) is 36.8. The van der Waals surface area contributed by atoms with Crippen LogP contribution in [0, 0.1) is 11.3 Å². The average Bonchev–Trinajstić information content (AvgIpc) is 4.15. The Morgan fingerprint density at radius 1 is 0.935 bits per heavy atom. The van der Waals surface area contributed by atoms with Gasteiger partial charge in [0.15, 0.2) is 5.13 Å². The number of sulfonamides is 1. The van der Waals surface area contributed by atoms with Crippen molar-refractivity contribution >= 4 is 55.1 Å². The first-order chi connectivity index (χ1) is 29.6. The number of carbonyl (C=O) groups is 3. The van der Waals surface area contributed by atoms with Crippen LogP contribution in [0.2, 0.25) is 0 Å². The molecule has 0 unspecified atom stereocenters. The molecule has 0 bridgehead atoms. The molecule has 2 aliphatic carbocycles. The minimum Gasteiger partial charge on any atom is -0.497 e. The third kappa shape index (κ3) is 8.71. The van der Waals surface area contributed by atoms with Crippen molar-refractivity contribution in [3.05, 3.63) is 96.9 Å². The quantitative estimate of drug-likeness (QED) is 0.0968. The van der Waals surface area contributed by atoms with Gasteiger partial charge in [-0.05, 0) is 61.1 Å². The van der Waals surface area contributed by atoms with Crippen LogP contribution in [-0.4, -0.2) is 90.7 Å². The number of carbonyl (C=O) groups excluding carboxylic acids is 3. The number of nitrogens with one attached hydrogen (secondary N) is 3. The van der Waals surface area contributed by atoms with Gasteiger partial charge in [0.25, 0.3) is 5.91 Å². The first kappa shape index (κ1) is 42.7. The van der Waals surface area contributed by atoms with E-state index >= 15 is 4.79 Å². The fraction of sp³-hybridized carbons (Fsp3) is 0.370. The van der Waals surface area contributed by atoms with Gasteiger partial charge in [0, 0.05) is 46.4 Å². The molecule has 3 aliphatic rings. The van der Waals surface area contributed by atoms with Gasteiger partial charge in [0.1, 0.15) is 41.0 Å². The number of anilines is 1. The standard InChI is InChI=1S/C46H50N6O8S2/c1-7-29-24-46(29,43(55)51-62(56,57)33-18-19-33)50-41(53)38-22-32(60-39-23-35(27-11-9-8-10-12-27)47-36-21-31(59-6)17-20-34(36)39)25-52(38)42(54)40(45(2,3)4)49-44-48-37(26-61-44)28-13-15-30(58-5)16-14-28/h7-17,20-21,23,26,29,32-33,38,40H,1,18-19,22,24-25H2,2-6H3,(H,48,49)(H,50,53)(H,51,55)/t29-,32-,38+,40-,46-/m1/s1. The summed E-state index contributed by atoms with van der Waals surface area (Å²) in [6.07, 6.45) is 2.03. The lowest BCUT2D eigenvalue weighted by Crippen LogP contribution is -2.58. The van der Waals surface area contributed by atoms with Crippen LogP contribution in [0.15, 0.2) is 96.9 Å². The normalized spacial score (nSPS) is 21.4. The molecule has 5 atom stereocenters. The van der Waals surface area contributed by atoms with Crippen molar-refractivity contribution in [2.75, 3.05) is 26.1 Å². The molecule has 62 heavy (non-hydrogen) atoms. The smallest absolute Gasteiger partial charge is 0.259 e. The number of hydrogen-bond donors (Lipinski definition) is 3. The van der Waals surface area contributed by atoms with E-state index in [-0.39, 0.29) is 25.3 Å². The van der Waals surface area contributed by atoms with Gasteiger partial charge in [-0.25, -0.2) is 18.4 Å². The van der Waals surface area contributed by atoms with Gasteiger partial charge in [0.05, 0.1) is 42.9 Å². The van der Waals surface area contributed by atoms with Gasteiger partial charge < -0.3 is 29.7 Å². The van der Waals surface area contributed by atoms with Gasteiger partial charge in [-0.15, -0.1) is 17.9 Å². The Morgan fingerprint density at radius 2 is 1.63 bits per heavy atom. The Bertz CT molecular complexity index is 2630. The third-order valence-corrected chi connectivity index (χ3v) is 14.3. The number of amides is 3. The molecule has 0 radical (unpaired) electrons. The highest BCUT2D eigenvalue weighted by Gasteiger charge is 2.62. The van der Waals surface area contributed by atoms with E-state index in [9.17, 15) is 18.0 Å². The summed E-state index contributed by atoms with van der Waals surface area (Å²) >= 11 is 1.36. The van der Waals surface area contributed by atoms with E-state index in [1.807, 2.05) is 105 Å². The van der Waals surface area contributed by atoms with E-state index in [2.05, 4.69) is 21.9 Å². The summed E-state index contributed by atoms with van der Waals surface area (Å²) in [6, 6.07) is 22.6. The highest BCUT2D eigenvalue weighted by atomic mass is 32.2. The van der Waals surface area contributed by atoms with Gasteiger partial charge in [0.2, 0.25) is 21.8 Å². The van der Waals surface area contributed by atoms with Crippen LogP contribution in [0.5, 0.6) is 17.2 Å². The number of fused-ring (bicyclic) bond motifs is 1. The summed E-state index contributed by atoms with van der Waals surface area (Å²) in [6.45, 7) is 9.66. The Balaban J connectivity index is 1.12. The second kappa shape index (κ2) is 16.7. The van der Waals surface area contributed by atoms with E-state index in [4.69, 9.17) is 24.2 Å². The zero-order valence-electron chi connectivity index (χ0n) is 35.2. The highest BCUT2D eigenvalue weighted by molar-refractivity contribution is 7.91. The maximum absolute atomic E-state index is 15.1. The molecule has 0 spiro atoms. The van der Waals surface area contributed by atoms with Gasteiger partial charge >= 0.3 is 0 Å².